The highest BCUT2D eigenvalue weighted by Gasteiger charge is 2.45. The number of alkyl carbamates (subject to hydrolysis) is 1. The van der Waals surface area contributed by atoms with E-state index in [9.17, 15) is 53.1 Å². The van der Waals surface area contributed by atoms with Crippen LogP contribution in [0.15, 0.2) is 158 Å². The molecule has 11 N–H and O–H groups in total. The van der Waals surface area contributed by atoms with Crippen molar-refractivity contribution in [1.82, 2.24) is 41.4 Å². The second-order valence-corrected chi connectivity index (χ2v) is 35.4. The van der Waals surface area contributed by atoms with Gasteiger partial charge in [0.2, 0.25) is 29.5 Å². The molecule has 6 atom stereocenters. The number of benzene rings is 7. The number of H-pyrrole nitrogens is 1. The second-order valence-electron chi connectivity index (χ2n) is 33.3. The molecular weight excluding hydrogens is 1690 g/mol. The molecule has 0 saturated carbocycles. The SMILES string of the molecule is CC(C)(C)OC(=O)N1CC(C(=O)O)c2ccccc21.CC(C)(C)OC(=O)NCc1ccc(Cl)cc1CNC(=O)[C@@H]1CCCN1C(=O)C1CN(C(=O)OC(C)(C)C)c2ccccc21.CCc1ccc(Cl)cc1CNC(=O)[C@@H]1CCCN1.ClCCl.NCc1ccc(Cl)cc1CNC(=O)[C@@H]1CCCN1C(=O)C1CNc2ccccc21.O=C(O)c1c[nH]c2ccccc12. The van der Waals surface area contributed by atoms with Crippen LogP contribution in [0.3, 0.4) is 0 Å². The van der Waals surface area contributed by atoms with Gasteiger partial charge in [0.25, 0.3) is 0 Å². The normalized spacial score (nSPS) is 17.7. The van der Waals surface area contributed by atoms with E-state index < -0.39 is 70.9 Å². The number of aromatic amines is 1. The van der Waals surface area contributed by atoms with Crippen molar-refractivity contribution in [2.75, 3.05) is 59.7 Å². The fraction of sp³-hybridized carbons (Fsp3) is 0.413. The minimum atomic E-state index is -0.932. The number of halogens is 5. The summed E-state index contributed by atoms with van der Waals surface area (Å²) in [6, 6.07) is 45.0. The van der Waals surface area contributed by atoms with Gasteiger partial charge in [0.05, 0.1) is 40.2 Å². The van der Waals surface area contributed by atoms with E-state index in [1.165, 1.54) is 21.6 Å². The lowest BCUT2D eigenvalue weighted by molar-refractivity contribution is -0.139. The Morgan fingerprint density at radius 2 is 0.944 bits per heavy atom. The first-order valence-corrected chi connectivity index (χ1v) is 43.4. The van der Waals surface area contributed by atoms with Crippen LogP contribution in [0.1, 0.15) is 186 Å². The summed E-state index contributed by atoms with van der Waals surface area (Å²) in [7, 11) is 0. The van der Waals surface area contributed by atoms with Gasteiger partial charge in [-0.25, -0.2) is 19.2 Å². The van der Waals surface area contributed by atoms with Crippen LogP contribution in [0, 0.1) is 0 Å². The molecule has 6 aliphatic rings. The Balaban J connectivity index is 0.000000186. The number of carboxylic acids is 2. The van der Waals surface area contributed by atoms with Gasteiger partial charge < -0.3 is 76.8 Å². The highest BCUT2D eigenvalue weighted by molar-refractivity contribution is 6.40. The van der Waals surface area contributed by atoms with E-state index in [4.69, 9.17) is 83.1 Å². The molecule has 0 aliphatic carbocycles. The maximum Gasteiger partial charge on any atom is 0.414 e. The molecule has 124 heavy (non-hydrogen) atoms. The van der Waals surface area contributed by atoms with Crippen molar-refractivity contribution in [3.8, 4) is 0 Å². The van der Waals surface area contributed by atoms with Crippen LogP contribution < -0.4 is 47.4 Å². The summed E-state index contributed by atoms with van der Waals surface area (Å²) < 4.78 is 16.2. The van der Waals surface area contributed by atoms with Crippen molar-refractivity contribution in [1.29, 1.82) is 0 Å². The fourth-order valence-electron chi connectivity index (χ4n) is 15.3. The van der Waals surface area contributed by atoms with Crippen molar-refractivity contribution in [2.45, 2.75) is 200 Å². The molecule has 8 amide bonds. The van der Waals surface area contributed by atoms with Gasteiger partial charge in [0.15, 0.2) is 0 Å². The Kier molecular flexibility index (Phi) is 35.1. The number of alkyl halides is 2. The van der Waals surface area contributed by atoms with Gasteiger partial charge in [-0.3, -0.25) is 38.6 Å². The molecular formula is C92H111Cl5N12O15. The molecule has 14 rings (SSSR count). The first kappa shape index (κ1) is 97.2. The number of rotatable bonds is 17. The average molecular weight is 1800 g/mol. The molecule has 3 unspecified atom stereocenters. The number of fused-ring (bicyclic) bond motifs is 4. The van der Waals surface area contributed by atoms with E-state index in [0.717, 1.165) is 92.8 Å². The number of amides is 8. The lowest BCUT2D eigenvalue weighted by atomic mass is 9.99. The Labute approximate surface area is 748 Å². The van der Waals surface area contributed by atoms with Crippen molar-refractivity contribution in [3.05, 3.63) is 229 Å². The molecule has 8 aromatic rings. The van der Waals surface area contributed by atoms with Gasteiger partial charge in [-0.05, 0) is 225 Å². The largest absolute Gasteiger partial charge is 0.481 e. The summed E-state index contributed by atoms with van der Waals surface area (Å²) >= 11 is 27.8. The molecule has 3 fully saturated rings. The molecule has 7 heterocycles. The predicted octanol–water partition coefficient (Wildman–Crippen LogP) is 16.3. The third-order valence-corrected chi connectivity index (χ3v) is 21.8. The number of aromatic nitrogens is 1. The molecule has 0 radical (unpaired) electrons. The number of likely N-dealkylation sites (tertiary alicyclic amines) is 2. The second kappa shape index (κ2) is 44.8. The van der Waals surface area contributed by atoms with Crippen LogP contribution in [0.5, 0.6) is 0 Å². The lowest BCUT2D eigenvalue weighted by Crippen LogP contribution is -2.48. The molecule has 6 aliphatic heterocycles. The highest BCUT2D eigenvalue weighted by atomic mass is 35.5. The number of nitrogens with zero attached hydrogens (tertiary/aromatic N) is 4. The van der Waals surface area contributed by atoms with Crippen LogP contribution in [0.2, 0.25) is 15.1 Å². The summed E-state index contributed by atoms with van der Waals surface area (Å²) in [5.74, 6) is -3.84. The monoisotopic (exact) mass is 1800 g/mol. The maximum atomic E-state index is 13.9. The highest BCUT2D eigenvalue weighted by Crippen LogP contribution is 2.41. The Bertz CT molecular complexity index is 5100. The minimum Gasteiger partial charge on any atom is -0.481 e. The van der Waals surface area contributed by atoms with Crippen LogP contribution in [-0.4, -0.2) is 164 Å². The summed E-state index contributed by atoms with van der Waals surface area (Å²) in [5.41, 5.74) is 15.4. The number of nitrogens with two attached hydrogens (primary N) is 1. The quantitative estimate of drug-likeness (QED) is 0.0299. The topological polar surface area (TPSA) is 366 Å². The predicted molar refractivity (Wildman–Crippen MR) is 483 cm³/mol. The van der Waals surface area contributed by atoms with Gasteiger partial charge in [0.1, 0.15) is 34.8 Å². The lowest BCUT2D eigenvalue weighted by Gasteiger charge is -2.28. The van der Waals surface area contributed by atoms with Gasteiger partial charge in [-0.2, -0.15) is 0 Å². The van der Waals surface area contributed by atoms with Crippen LogP contribution >= 0.6 is 58.0 Å². The van der Waals surface area contributed by atoms with Crippen molar-refractivity contribution < 1.29 is 72.4 Å². The summed E-state index contributed by atoms with van der Waals surface area (Å²) in [4.78, 5) is 134. The Morgan fingerprint density at radius 1 is 0.500 bits per heavy atom. The molecule has 27 nitrogen and oxygen atoms in total. The zero-order valence-electron chi connectivity index (χ0n) is 71.4. The van der Waals surface area contributed by atoms with Crippen LogP contribution in [0.25, 0.3) is 10.9 Å². The first-order chi connectivity index (χ1) is 58.9. The number of aryl methyl sites for hydroxylation is 1. The average Bonchev–Trinajstić information content (AvgIpc) is 1.61. The molecule has 0 bridgehead atoms. The number of ether oxygens (including phenoxy) is 3. The van der Waals surface area contributed by atoms with Crippen molar-refractivity contribution >= 4 is 146 Å². The molecule has 664 valence electrons. The van der Waals surface area contributed by atoms with Crippen LogP contribution in [0.4, 0.5) is 31.4 Å². The number of nitrogens with one attached hydrogen (secondary N) is 7. The number of para-hydroxylation sites is 4. The smallest absolute Gasteiger partial charge is 0.414 e. The van der Waals surface area contributed by atoms with E-state index >= 15 is 0 Å². The Hall–Kier alpha value is -10.7. The van der Waals surface area contributed by atoms with E-state index in [-0.39, 0.29) is 73.0 Å². The van der Waals surface area contributed by atoms with E-state index in [0.29, 0.717) is 91.1 Å². The molecule has 32 heteroatoms. The van der Waals surface area contributed by atoms with E-state index in [1.54, 1.807) is 133 Å². The van der Waals surface area contributed by atoms with Gasteiger partial charge in [0, 0.05) is 103 Å². The molecule has 7 aromatic carbocycles. The molecule has 3 saturated heterocycles. The minimum absolute atomic E-state index is 0.0190. The maximum absolute atomic E-state index is 13.9. The summed E-state index contributed by atoms with van der Waals surface area (Å²) in [6.07, 6.45) is 5.63. The van der Waals surface area contributed by atoms with Gasteiger partial charge in [-0.1, -0.05) is 133 Å². The number of anilines is 3. The fourth-order valence-corrected chi connectivity index (χ4v) is 15.8. The number of hydrogen-bond acceptors (Lipinski definition) is 16. The summed E-state index contributed by atoms with van der Waals surface area (Å²) in [5, 5.41) is 38.9. The zero-order chi connectivity index (χ0) is 90.3. The number of carboxylic acid groups (broad SMARTS) is 2. The van der Waals surface area contributed by atoms with E-state index in [2.05, 4.69) is 43.8 Å². The number of aliphatic carboxylic acids is 1. The number of carbonyl (C=O) groups is 10. The van der Waals surface area contributed by atoms with E-state index in [1.807, 2.05) is 91.0 Å². The molecule has 1 aromatic heterocycles. The van der Waals surface area contributed by atoms with Gasteiger partial charge >= 0.3 is 30.2 Å². The zero-order valence-corrected chi connectivity index (χ0v) is 75.1. The van der Waals surface area contributed by atoms with Crippen molar-refractivity contribution in [3.63, 3.8) is 0 Å². The standard InChI is InChI=1S/C32H41ClN4O6.C22H25ClN4O2.C14H19ClN2O.C14H17NO4.C9H7NO2.CH2Cl2/c1-31(2,3)42-29(40)35-17-20-13-14-22(33)16-21(20)18-34-27(38)26-12-9-15-36(26)28(39)24-19-37(30(41)43-32(4,5)6)25-11-8-7-10-23(24)25;23-16-8-7-14(11-24)15(10-16)12-26-21(28)20-6-3-9-27(20)22(29)18-13-25-19-5-2-1-4-17(18)19;1-2-10-5-6-12(15)8-11(10)9-17-14(18)13-4-3-7-16-13;1-14(2,3)19-13(18)15-8-10(12(16)17)9-6-4-5-7-11(9)15;11-9(12)7-5-10-8-4-2-1-3-6(7)8;2-1-3/h7-8,10-11,13-14,16,24,26H,9,12,15,17-19H2,1-6H3,(H,34,38)(H,35,40);1-2,4-5,7-8,10,18,20,25H,3,6,9,11-13,24H2,(H,26,28);5-6,8,13,16H,2-4,7,9H2,1H3,(H,17,18);4-7,10H,8H2,1-3H3,(H,16,17);1-5,10H,(H,11,12);1H2/t24?,26-;18?,20-;13-;;;/m000.../s1. The third-order valence-electron chi connectivity index (χ3n) is 21.1. The number of aromatic carboxylic acids is 1. The van der Waals surface area contributed by atoms with Crippen molar-refractivity contribution in [2.24, 2.45) is 5.73 Å². The van der Waals surface area contributed by atoms with Crippen LogP contribution in [-0.2, 0) is 82.1 Å². The summed E-state index contributed by atoms with van der Waals surface area (Å²) in [6.45, 7) is 22.7. The number of carbonyl (C=O) groups excluding carboxylic acids is 8. The molecule has 0 spiro atoms. The van der Waals surface area contributed by atoms with Gasteiger partial charge in [-0.15, -0.1) is 23.2 Å². The third kappa shape index (κ3) is 26.9. The Morgan fingerprint density at radius 3 is 1.44 bits per heavy atom. The number of hydrogen-bond donors (Lipinski definition) is 10. The first-order valence-electron chi connectivity index (χ1n) is 41.2.